The van der Waals surface area contributed by atoms with Gasteiger partial charge in [0, 0.05) is 34.2 Å². The summed E-state index contributed by atoms with van der Waals surface area (Å²) in [5, 5.41) is 10.9. The summed E-state index contributed by atoms with van der Waals surface area (Å²) in [4.78, 5) is 25.4. The van der Waals surface area contributed by atoms with E-state index in [1.54, 1.807) is 6.07 Å². The van der Waals surface area contributed by atoms with Crippen molar-refractivity contribution in [3.05, 3.63) is 39.4 Å². The van der Waals surface area contributed by atoms with Gasteiger partial charge in [0.25, 0.3) is 0 Å². The van der Waals surface area contributed by atoms with Gasteiger partial charge < -0.3 is 20.5 Å². The van der Waals surface area contributed by atoms with Gasteiger partial charge in [-0.25, -0.2) is 4.79 Å². The number of carbonyl (C=O) groups is 1. The number of nitrogens with zero attached hydrogens (tertiary/aromatic N) is 1. The average molecular weight is 320 g/mol. The van der Waals surface area contributed by atoms with Gasteiger partial charge in [0.05, 0.1) is 19.3 Å². The summed E-state index contributed by atoms with van der Waals surface area (Å²) in [6.07, 6.45) is 0. The van der Waals surface area contributed by atoms with Crippen LogP contribution in [-0.2, 0) is 4.74 Å². The van der Waals surface area contributed by atoms with Gasteiger partial charge in [-0.2, -0.15) is 0 Å². The second kappa shape index (κ2) is 6.04. The summed E-state index contributed by atoms with van der Waals surface area (Å²) in [7, 11) is 0. The maximum Gasteiger partial charge on any atom is 0.340 e. The van der Waals surface area contributed by atoms with Crippen molar-refractivity contribution < 1.29 is 14.6 Å². The van der Waals surface area contributed by atoms with Crippen LogP contribution in [0.2, 0.25) is 0 Å². The minimum atomic E-state index is -1.19. The number of hydrogen-bond donors (Lipinski definition) is 2. The fourth-order valence-corrected chi connectivity index (χ4v) is 3.56. The molecule has 2 heterocycles. The molecule has 1 unspecified atom stereocenters. The predicted molar refractivity (Wildman–Crippen MR) is 86.1 cm³/mol. The van der Waals surface area contributed by atoms with Gasteiger partial charge >= 0.3 is 5.97 Å². The third-order valence-electron chi connectivity index (χ3n) is 3.82. The van der Waals surface area contributed by atoms with Gasteiger partial charge in [0.1, 0.15) is 5.56 Å². The molecule has 0 bridgehead atoms. The van der Waals surface area contributed by atoms with E-state index in [0.717, 1.165) is 16.9 Å². The van der Waals surface area contributed by atoms with E-state index in [4.69, 9.17) is 15.6 Å². The Morgan fingerprint density at radius 1 is 1.50 bits per heavy atom. The van der Waals surface area contributed by atoms with Crippen LogP contribution < -0.4 is 16.1 Å². The number of carboxylic acids is 1. The predicted octanol–water partition coefficient (Wildman–Crippen LogP) is 1.12. The number of carboxylic acid groups (broad SMARTS) is 1. The van der Waals surface area contributed by atoms with Crippen LogP contribution in [0.15, 0.2) is 28.4 Å². The van der Waals surface area contributed by atoms with Crippen LogP contribution in [0.4, 0.5) is 5.69 Å². The maximum atomic E-state index is 12.2. The van der Waals surface area contributed by atoms with Crippen molar-refractivity contribution in [2.75, 3.05) is 31.2 Å². The lowest BCUT2D eigenvalue weighted by Crippen LogP contribution is -2.49. The third-order valence-corrected chi connectivity index (χ3v) is 4.77. The SMILES string of the molecule is NCC1COCCN1c1ccc2c(=O)c(C(=O)O)csc2c1. The number of morpholine rings is 1. The fraction of sp³-hybridized carbons (Fsp3) is 0.333. The Morgan fingerprint density at radius 2 is 2.32 bits per heavy atom. The smallest absolute Gasteiger partial charge is 0.340 e. The Labute approximate surface area is 130 Å². The molecule has 1 fully saturated rings. The summed E-state index contributed by atoms with van der Waals surface area (Å²) < 4.78 is 6.21. The normalized spacial score (nSPS) is 18.6. The van der Waals surface area contributed by atoms with Gasteiger partial charge in [-0.1, -0.05) is 0 Å². The molecule has 1 aliphatic heterocycles. The van der Waals surface area contributed by atoms with E-state index in [0.29, 0.717) is 25.1 Å². The number of aromatic carboxylic acids is 1. The molecule has 0 saturated carbocycles. The van der Waals surface area contributed by atoms with E-state index in [2.05, 4.69) is 4.90 Å². The molecule has 0 aliphatic carbocycles. The minimum absolute atomic E-state index is 0.112. The van der Waals surface area contributed by atoms with Gasteiger partial charge in [0.2, 0.25) is 5.43 Å². The van der Waals surface area contributed by atoms with E-state index >= 15 is 0 Å². The van der Waals surface area contributed by atoms with Gasteiger partial charge in [-0.3, -0.25) is 4.79 Å². The second-order valence-electron chi connectivity index (χ2n) is 5.12. The highest BCUT2D eigenvalue weighted by atomic mass is 32.1. The van der Waals surface area contributed by atoms with Crippen molar-refractivity contribution in [3.8, 4) is 0 Å². The molecular weight excluding hydrogens is 304 g/mol. The first-order valence-corrected chi connectivity index (χ1v) is 7.83. The highest BCUT2D eigenvalue weighted by Crippen LogP contribution is 2.26. The molecule has 1 aromatic heterocycles. The zero-order valence-electron chi connectivity index (χ0n) is 11.8. The van der Waals surface area contributed by atoms with Crippen molar-refractivity contribution >= 4 is 33.1 Å². The molecule has 6 nitrogen and oxygen atoms in total. The fourth-order valence-electron chi connectivity index (χ4n) is 2.63. The van der Waals surface area contributed by atoms with E-state index in [1.807, 2.05) is 12.1 Å². The topological polar surface area (TPSA) is 92.9 Å². The number of hydrogen-bond acceptors (Lipinski definition) is 6. The summed E-state index contributed by atoms with van der Waals surface area (Å²) in [5.41, 5.74) is 6.14. The highest BCUT2D eigenvalue weighted by molar-refractivity contribution is 7.16. The van der Waals surface area contributed by atoms with E-state index in [1.165, 1.54) is 16.7 Å². The molecule has 1 aromatic carbocycles. The third kappa shape index (κ3) is 2.58. The lowest BCUT2D eigenvalue weighted by Gasteiger charge is -2.36. The van der Waals surface area contributed by atoms with Crippen LogP contribution in [0.3, 0.4) is 0 Å². The minimum Gasteiger partial charge on any atom is -0.478 e. The van der Waals surface area contributed by atoms with Crippen LogP contribution in [0, 0.1) is 0 Å². The van der Waals surface area contributed by atoms with Crippen LogP contribution in [0.5, 0.6) is 0 Å². The average Bonchev–Trinajstić information content (AvgIpc) is 2.54. The van der Waals surface area contributed by atoms with Crippen molar-refractivity contribution in [3.63, 3.8) is 0 Å². The number of anilines is 1. The first-order chi connectivity index (χ1) is 10.6. The molecule has 0 radical (unpaired) electrons. The number of ether oxygens (including phenoxy) is 1. The standard InChI is InChI=1S/C15H16N2O4S/c16-6-10-7-21-4-3-17(10)9-1-2-11-13(5-9)22-8-12(14(11)18)15(19)20/h1-2,5,8,10H,3-4,6-7,16H2,(H,19,20). The molecule has 3 rings (SSSR count). The molecule has 22 heavy (non-hydrogen) atoms. The first kappa shape index (κ1) is 15.0. The Hall–Kier alpha value is -1.96. The zero-order chi connectivity index (χ0) is 15.7. The van der Waals surface area contributed by atoms with Crippen molar-refractivity contribution in [2.24, 2.45) is 5.73 Å². The monoisotopic (exact) mass is 320 g/mol. The van der Waals surface area contributed by atoms with Crippen LogP contribution in [0.25, 0.3) is 10.1 Å². The highest BCUT2D eigenvalue weighted by Gasteiger charge is 2.22. The molecular formula is C15H16N2O4S. The molecule has 0 spiro atoms. The Morgan fingerprint density at radius 3 is 3.05 bits per heavy atom. The molecule has 1 atom stereocenters. The van der Waals surface area contributed by atoms with E-state index in [-0.39, 0.29) is 11.6 Å². The summed E-state index contributed by atoms with van der Waals surface area (Å²) in [5.74, 6) is -1.19. The second-order valence-corrected chi connectivity index (χ2v) is 6.03. The van der Waals surface area contributed by atoms with Crippen LogP contribution >= 0.6 is 11.3 Å². The Kier molecular flexibility index (Phi) is 4.10. The lowest BCUT2D eigenvalue weighted by atomic mass is 10.1. The number of rotatable bonds is 3. The molecule has 3 N–H and O–H groups in total. The lowest BCUT2D eigenvalue weighted by molar-refractivity contribution is 0.0696. The molecule has 1 saturated heterocycles. The van der Waals surface area contributed by atoms with Gasteiger partial charge in [-0.05, 0) is 18.2 Å². The first-order valence-electron chi connectivity index (χ1n) is 6.95. The molecule has 2 aromatic rings. The molecule has 7 heteroatoms. The summed E-state index contributed by atoms with van der Waals surface area (Å²) in [6, 6.07) is 5.57. The van der Waals surface area contributed by atoms with Crippen molar-refractivity contribution in [1.29, 1.82) is 0 Å². The molecule has 116 valence electrons. The van der Waals surface area contributed by atoms with Crippen molar-refractivity contribution in [2.45, 2.75) is 6.04 Å². The van der Waals surface area contributed by atoms with Crippen LogP contribution in [0.1, 0.15) is 10.4 Å². The van der Waals surface area contributed by atoms with Gasteiger partial charge in [0.15, 0.2) is 0 Å². The van der Waals surface area contributed by atoms with Crippen LogP contribution in [-0.4, -0.2) is 43.4 Å². The summed E-state index contributed by atoms with van der Waals surface area (Å²) in [6.45, 7) is 2.47. The summed E-state index contributed by atoms with van der Waals surface area (Å²) >= 11 is 1.26. The zero-order valence-corrected chi connectivity index (χ0v) is 12.6. The van der Waals surface area contributed by atoms with E-state index < -0.39 is 11.4 Å². The largest absolute Gasteiger partial charge is 0.478 e. The van der Waals surface area contributed by atoms with E-state index in [9.17, 15) is 9.59 Å². The number of nitrogens with two attached hydrogens (primary N) is 1. The Balaban J connectivity index is 2.05. The molecule has 1 aliphatic rings. The number of fused-ring (bicyclic) bond motifs is 1. The van der Waals surface area contributed by atoms with Gasteiger partial charge in [-0.15, -0.1) is 11.3 Å². The number of benzene rings is 1. The molecule has 0 amide bonds. The Bertz CT molecular complexity index is 774. The maximum absolute atomic E-state index is 12.2. The quantitative estimate of drug-likeness (QED) is 0.880. The van der Waals surface area contributed by atoms with Crippen molar-refractivity contribution in [1.82, 2.24) is 0 Å².